The molecular formula is C16H13F5N2O2. The second-order valence-corrected chi connectivity index (χ2v) is 5.84. The second-order valence-electron chi connectivity index (χ2n) is 5.84. The van der Waals surface area contributed by atoms with Gasteiger partial charge in [0.15, 0.2) is 0 Å². The van der Waals surface area contributed by atoms with Crippen LogP contribution in [0.5, 0.6) is 5.75 Å². The van der Waals surface area contributed by atoms with Crippen LogP contribution in [-0.2, 0) is 10.2 Å². The normalized spacial score (nSPS) is 22.6. The summed E-state index contributed by atoms with van der Waals surface area (Å²) in [7, 11) is 1.44. The van der Waals surface area contributed by atoms with Gasteiger partial charge in [0.1, 0.15) is 5.75 Å². The fraction of sp³-hybridized carbons (Fsp3) is 0.375. The van der Waals surface area contributed by atoms with Crippen LogP contribution in [0.3, 0.4) is 0 Å². The summed E-state index contributed by atoms with van der Waals surface area (Å²) in [6, 6.07) is 4.90. The summed E-state index contributed by atoms with van der Waals surface area (Å²) in [5.74, 6) is -7.33. The number of methoxy groups -OCH3 is 1. The van der Waals surface area contributed by atoms with Crippen molar-refractivity contribution in [2.75, 3.05) is 13.7 Å². The molecular weight excluding hydrogens is 347 g/mol. The van der Waals surface area contributed by atoms with Crippen molar-refractivity contribution in [3.05, 3.63) is 36.0 Å². The lowest BCUT2D eigenvalue weighted by molar-refractivity contribution is -0.273. The summed E-state index contributed by atoms with van der Waals surface area (Å²) in [5, 5.41) is 0. The molecule has 2 heterocycles. The molecule has 9 heteroatoms. The molecule has 2 aliphatic heterocycles. The van der Waals surface area contributed by atoms with Gasteiger partial charge in [-0.25, -0.2) is 0 Å². The summed E-state index contributed by atoms with van der Waals surface area (Å²) in [5.41, 5.74) is -0.167. The highest BCUT2D eigenvalue weighted by Crippen LogP contribution is 2.50. The Bertz CT molecular complexity index is 787. The number of rotatable bonds is 2. The van der Waals surface area contributed by atoms with Crippen LogP contribution >= 0.6 is 0 Å². The zero-order chi connectivity index (χ0) is 18.6. The maximum absolute atomic E-state index is 13.4. The third kappa shape index (κ3) is 2.32. The van der Waals surface area contributed by atoms with E-state index in [1.807, 2.05) is 0 Å². The maximum Gasteiger partial charge on any atom is 0.463 e. The highest BCUT2D eigenvalue weighted by atomic mass is 19.4. The number of amides is 1. The molecule has 1 unspecified atom stereocenters. The number of ether oxygens (including phenoxy) is 1. The van der Waals surface area contributed by atoms with Crippen LogP contribution in [-0.4, -0.2) is 42.8 Å². The van der Waals surface area contributed by atoms with E-state index in [4.69, 9.17) is 4.74 Å². The minimum absolute atomic E-state index is 0.106. The van der Waals surface area contributed by atoms with Crippen molar-refractivity contribution in [3.8, 4) is 5.75 Å². The Hall–Kier alpha value is -2.45. The Balaban J connectivity index is 1.97. The van der Waals surface area contributed by atoms with Gasteiger partial charge in [-0.05, 0) is 30.2 Å². The van der Waals surface area contributed by atoms with Crippen LogP contribution in [0.25, 0.3) is 0 Å². The van der Waals surface area contributed by atoms with Crippen molar-refractivity contribution in [3.63, 3.8) is 0 Å². The highest BCUT2D eigenvalue weighted by Gasteiger charge is 2.66. The molecule has 1 saturated heterocycles. The Morgan fingerprint density at radius 3 is 2.60 bits per heavy atom. The smallest absolute Gasteiger partial charge is 0.463 e. The van der Waals surface area contributed by atoms with Gasteiger partial charge in [0.2, 0.25) is 0 Å². The molecule has 1 fully saturated rings. The SMILES string of the molecule is C=C1N(C(=O)C(F)(F)C(F)(F)F)CCC12C=Nc1ccc(OC)cc12. The fourth-order valence-electron chi connectivity index (χ4n) is 3.11. The lowest BCUT2D eigenvalue weighted by Crippen LogP contribution is -2.51. The quantitative estimate of drug-likeness (QED) is 0.757. The van der Waals surface area contributed by atoms with Gasteiger partial charge in [0.05, 0.1) is 18.2 Å². The first-order valence-corrected chi connectivity index (χ1v) is 7.24. The number of fused-ring (bicyclic) bond motifs is 2. The van der Waals surface area contributed by atoms with Crippen LogP contribution in [0, 0.1) is 0 Å². The first-order chi connectivity index (χ1) is 11.5. The standard InChI is InChI=1S/C16H13F5N2O2/c1-9-14(8-22-12-4-3-10(25-2)7-11(12)14)5-6-23(9)13(24)15(17,18)16(19,20)21/h3-4,7-8H,1,5-6H2,2H3. The van der Waals surface area contributed by atoms with Gasteiger partial charge < -0.3 is 9.64 Å². The average molecular weight is 360 g/mol. The predicted octanol–water partition coefficient (Wildman–Crippen LogP) is 3.59. The number of benzene rings is 1. The van der Waals surface area contributed by atoms with Crippen molar-refractivity contribution >= 4 is 17.8 Å². The van der Waals surface area contributed by atoms with E-state index in [1.54, 1.807) is 18.2 Å². The molecule has 1 aromatic rings. The molecule has 3 rings (SSSR count). The third-order valence-corrected chi connectivity index (χ3v) is 4.55. The molecule has 2 aliphatic rings. The number of likely N-dealkylation sites (tertiary alicyclic amines) is 1. The molecule has 25 heavy (non-hydrogen) atoms. The molecule has 1 amide bonds. The summed E-state index contributed by atoms with van der Waals surface area (Å²) < 4.78 is 69.5. The number of halogens is 5. The Morgan fingerprint density at radius 1 is 1.32 bits per heavy atom. The monoisotopic (exact) mass is 360 g/mol. The van der Waals surface area contributed by atoms with Crippen LogP contribution < -0.4 is 4.74 Å². The summed E-state index contributed by atoms with van der Waals surface area (Å²) in [4.78, 5) is 16.4. The van der Waals surface area contributed by atoms with Crippen molar-refractivity contribution in [1.82, 2.24) is 4.90 Å². The molecule has 0 aromatic heterocycles. The summed E-state index contributed by atoms with van der Waals surface area (Å²) in [6.07, 6.45) is -4.43. The minimum Gasteiger partial charge on any atom is -0.497 e. The van der Waals surface area contributed by atoms with E-state index in [0.717, 1.165) is 0 Å². The lowest BCUT2D eigenvalue weighted by Gasteiger charge is -2.29. The number of aliphatic imine (C=N–C) groups is 1. The molecule has 0 aliphatic carbocycles. The van der Waals surface area contributed by atoms with Crippen molar-refractivity contribution in [2.24, 2.45) is 4.99 Å². The topological polar surface area (TPSA) is 41.9 Å². The molecule has 0 N–H and O–H groups in total. The van der Waals surface area contributed by atoms with E-state index in [1.165, 1.54) is 13.3 Å². The van der Waals surface area contributed by atoms with E-state index in [2.05, 4.69) is 11.6 Å². The first kappa shape index (κ1) is 17.4. The largest absolute Gasteiger partial charge is 0.497 e. The zero-order valence-electron chi connectivity index (χ0n) is 13.0. The average Bonchev–Trinajstić information content (AvgIpc) is 3.08. The van der Waals surface area contributed by atoms with Gasteiger partial charge in [0, 0.05) is 18.5 Å². The number of hydrogen-bond donors (Lipinski definition) is 0. The minimum atomic E-state index is -5.97. The first-order valence-electron chi connectivity index (χ1n) is 7.24. The van der Waals surface area contributed by atoms with Crippen molar-refractivity contribution < 1.29 is 31.5 Å². The Morgan fingerprint density at radius 2 is 2.00 bits per heavy atom. The Kier molecular flexibility index (Phi) is 3.66. The number of hydrogen-bond acceptors (Lipinski definition) is 3. The van der Waals surface area contributed by atoms with Gasteiger partial charge in [-0.15, -0.1) is 0 Å². The van der Waals surface area contributed by atoms with E-state index in [0.29, 0.717) is 21.9 Å². The molecule has 0 bridgehead atoms. The van der Waals surface area contributed by atoms with Gasteiger partial charge in [-0.2, -0.15) is 22.0 Å². The van der Waals surface area contributed by atoms with Crippen LogP contribution in [0.1, 0.15) is 12.0 Å². The molecule has 1 atom stereocenters. The van der Waals surface area contributed by atoms with Gasteiger partial charge in [-0.1, -0.05) is 6.58 Å². The van der Waals surface area contributed by atoms with Crippen molar-refractivity contribution in [2.45, 2.75) is 23.9 Å². The van der Waals surface area contributed by atoms with Crippen LogP contribution in [0.2, 0.25) is 0 Å². The number of carbonyl (C=O) groups excluding carboxylic acids is 1. The summed E-state index contributed by atoms with van der Waals surface area (Å²) in [6.45, 7) is 3.30. The van der Waals surface area contributed by atoms with Gasteiger partial charge >= 0.3 is 18.0 Å². The number of carbonyl (C=O) groups is 1. The van der Waals surface area contributed by atoms with Gasteiger partial charge in [0.25, 0.3) is 0 Å². The van der Waals surface area contributed by atoms with E-state index < -0.39 is 23.4 Å². The molecule has 1 aromatic carbocycles. The molecule has 0 radical (unpaired) electrons. The Labute approximate surface area is 139 Å². The van der Waals surface area contributed by atoms with Crippen LogP contribution in [0.4, 0.5) is 27.6 Å². The fourth-order valence-corrected chi connectivity index (χ4v) is 3.11. The van der Waals surface area contributed by atoms with E-state index in [-0.39, 0.29) is 18.7 Å². The molecule has 1 spiro atoms. The second kappa shape index (κ2) is 5.27. The summed E-state index contributed by atoms with van der Waals surface area (Å²) >= 11 is 0. The van der Waals surface area contributed by atoms with Crippen LogP contribution in [0.15, 0.2) is 35.5 Å². The van der Waals surface area contributed by atoms with E-state index in [9.17, 15) is 26.7 Å². The van der Waals surface area contributed by atoms with E-state index >= 15 is 0 Å². The molecule has 0 saturated carbocycles. The number of alkyl halides is 5. The number of nitrogens with zero attached hydrogens (tertiary/aromatic N) is 2. The lowest BCUT2D eigenvalue weighted by atomic mass is 9.79. The zero-order valence-corrected chi connectivity index (χ0v) is 13.0. The maximum atomic E-state index is 13.4. The molecule has 134 valence electrons. The highest BCUT2D eigenvalue weighted by molar-refractivity contribution is 5.94. The molecule has 4 nitrogen and oxygen atoms in total. The number of allylic oxidation sites excluding steroid dienone is 1. The predicted molar refractivity (Wildman–Crippen MR) is 79.3 cm³/mol. The van der Waals surface area contributed by atoms with Gasteiger partial charge in [-0.3, -0.25) is 9.79 Å². The third-order valence-electron chi connectivity index (χ3n) is 4.55. The van der Waals surface area contributed by atoms with Crippen molar-refractivity contribution in [1.29, 1.82) is 0 Å².